The van der Waals surface area contributed by atoms with Crippen LogP contribution >= 0.6 is 0 Å². The van der Waals surface area contributed by atoms with E-state index in [1.165, 1.54) is 5.56 Å². The van der Waals surface area contributed by atoms with Gasteiger partial charge in [-0.1, -0.05) is 19.1 Å². The Bertz CT molecular complexity index is 1200. The van der Waals surface area contributed by atoms with Crippen LogP contribution in [0.2, 0.25) is 0 Å². The molecule has 2 aromatic heterocycles. The normalized spacial score (nSPS) is 17.7. The number of aromatic nitrogens is 2. The highest BCUT2D eigenvalue weighted by atomic mass is 16.5. The van der Waals surface area contributed by atoms with Crippen molar-refractivity contribution < 1.29 is 14.3 Å². The molecule has 2 aliphatic heterocycles. The highest BCUT2D eigenvalue weighted by Crippen LogP contribution is 2.30. The van der Waals surface area contributed by atoms with Gasteiger partial charge in [-0.15, -0.1) is 0 Å². The second-order valence-corrected chi connectivity index (χ2v) is 10.0. The maximum absolute atomic E-state index is 13.2. The van der Waals surface area contributed by atoms with Gasteiger partial charge in [-0.2, -0.15) is 5.10 Å². The molecule has 5 rings (SSSR count). The van der Waals surface area contributed by atoms with E-state index in [-0.39, 0.29) is 11.8 Å². The average molecular weight is 475 g/mol. The molecule has 0 saturated carbocycles. The zero-order valence-electron chi connectivity index (χ0n) is 20.7. The third-order valence-corrected chi connectivity index (χ3v) is 7.66. The number of benzene rings is 1. The molecule has 0 spiro atoms. The minimum Gasteiger partial charge on any atom is -0.497 e. The Labute approximate surface area is 206 Å². The fourth-order valence-electron chi connectivity index (χ4n) is 5.33. The number of amides is 2. The number of carbonyl (C=O) groups excluding carboxylic acids is 2. The van der Waals surface area contributed by atoms with Gasteiger partial charge < -0.3 is 14.5 Å². The number of fused-ring (bicyclic) bond motifs is 1. The van der Waals surface area contributed by atoms with Gasteiger partial charge in [-0.25, -0.2) is 4.52 Å². The third-order valence-electron chi connectivity index (χ3n) is 7.66. The smallest absolute Gasteiger partial charge is 0.257 e. The Morgan fingerprint density at radius 2 is 1.74 bits per heavy atom. The van der Waals surface area contributed by atoms with Gasteiger partial charge in [-0.05, 0) is 72.9 Å². The van der Waals surface area contributed by atoms with E-state index in [9.17, 15) is 9.59 Å². The summed E-state index contributed by atoms with van der Waals surface area (Å²) in [7, 11) is 1.64. The number of rotatable bonds is 5. The Morgan fingerprint density at radius 3 is 2.49 bits per heavy atom. The zero-order valence-corrected chi connectivity index (χ0v) is 20.7. The number of hydrogen-bond donors (Lipinski definition) is 0. The predicted octanol–water partition coefficient (Wildman–Crippen LogP) is 4.16. The molecule has 7 heteroatoms. The lowest BCUT2D eigenvalue weighted by Gasteiger charge is -2.32. The van der Waals surface area contributed by atoms with Crippen LogP contribution in [0.25, 0.3) is 5.52 Å². The highest BCUT2D eigenvalue weighted by molar-refractivity contribution is 6.00. The highest BCUT2D eigenvalue weighted by Gasteiger charge is 2.27. The molecule has 0 bridgehead atoms. The summed E-state index contributed by atoms with van der Waals surface area (Å²) >= 11 is 0. The van der Waals surface area contributed by atoms with Crippen molar-refractivity contribution >= 4 is 17.3 Å². The van der Waals surface area contributed by atoms with Crippen LogP contribution in [0.3, 0.4) is 0 Å². The first-order valence-corrected chi connectivity index (χ1v) is 12.7. The number of hydrogen-bond acceptors (Lipinski definition) is 4. The molecule has 184 valence electrons. The van der Waals surface area contributed by atoms with Crippen molar-refractivity contribution in [3.05, 3.63) is 65.5 Å². The molecule has 35 heavy (non-hydrogen) atoms. The van der Waals surface area contributed by atoms with Gasteiger partial charge in [0.15, 0.2) is 0 Å². The van der Waals surface area contributed by atoms with Gasteiger partial charge >= 0.3 is 0 Å². The molecule has 2 saturated heterocycles. The number of carbonyl (C=O) groups is 2. The van der Waals surface area contributed by atoms with Gasteiger partial charge in [0.05, 0.1) is 30.8 Å². The zero-order chi connectivity index (χ0) is 24.4. The Balaban J connectivity index is 1.24. The second kappa shape index (κ2) is 10.1. The van der Waals surface area contributed by atoms with E-state index in [0.717, 1.165) is 68.7 Å². The molecule has 3 aromatic rings. The van der Waals surface area contributed by atoms with Crippen molar-refractivity contribution in [2.75, 3.05) is 33.3 Å². The van der Waals surface area contributed by atoms with Crippen LogP contribution in [0.15, 0.2) is 48.8 Å². The molecule has 0 N–H and O–H groups in total. The van der Waals surface area contributed by atoms with E-state index in [1.807, 2.05) is 40.3 Å². The van der Waals surface area contributed by atoms with Crippen molar-refractivity contribution in [2.45, 2.75) is 44.9 Å². The lowest BCUT2D eigenvalue weighted by atomic mass is 9.89. The van der Waals surface area contributed by atoms with Crippen molar-refractivity contribution in [3.63, 3.8) is 0 Å². The Hall–Kier alpha value is -3.35. The molecule has 7 nitrogen and oxygen atoms in total. The number of ether oxygens (including phenoxy) is 1. The van der Waals surface area contributed by atoms with E-state index < -0.39 is 0 Å². The van der Waals surface area contributed by atoms with Crippen molar-refractivity contribution in [3.8, 4) is 5.75 Å². The Morgan fingerprint density at radius 1 is 1.00 bits per heavy atom. The van der Waals surface area contributed by atoms with Crippen molar-refractivity contribution in [1.29, 1.82) is 0 Å². The van der Waals surface area contributed by atoms with Gasteiger partial charge in [0.25, 0.3) is 5.91 Å². The first kappa shape index (κ1) is 23.4. The van der Waals surface area contributed by atoms with Gasteiger partial charge in [-0.3, -0.25) is 9.59 Å². The summed E-state index contributed by atoms with van der Waals surface area (Å²) < 4.78 is 7.08. The van der Waals surface area contributed by atoms with E-state index in [2.05, 4.69) is 24.2 Å². The molecule has 2 fully saturated rings. The van der Waals surface area contributed by atoms with Crippen LogP contribution in [-0.2, 0) is 11.2 Å². The summed E-state index contributed by atoms with van der Waals surface area (Å²) in [5, 5.41) is 4.43. The quantitative estimate of drug-likeness (QED) is 0.557. The molecule has 1 aromatic carbocycles. The summed E-state index contributed by atoms with van der Waals surface area (Å²) in [4.78, 5) is 30.0. The van der Waals surface area contributed by atoms with Crippen LogP contribution in [0.1, 0.15) is 60.0 Å². The fraction of sp³-hybridized carbons (Fsp3) is 0.464. The number of nitrogens with zero attached hydrogens (tertiary/aromatic N) is 4. The third kappa shape index (κ3) is 5.04. The van der Waals surface area contributed by atoms with E-state index in [0.29, 0.717) is 23.8 Å². The van der Waals surface area contributed by atoms with Gasteiger partial charge in [0.1, 0.15) is 5.75 Å². The lowest BCUT2D eigenvalue weighted by Crippen LogP contribution is -2.38. The van der Waals surface area contributed by atoms with Crippen molar-refractivity contribution in [2.24, 2.45) is 5.92 Å². The van der Waals surface area contributed by atoms with Crippen molar-refractivity contribution in [1.82, 2.24) is 19.4 Å². The molecule has 2 aliphatic rings. The van der Waals surface area contributed by atoms with Gasteiger partial charge in [0, 0.05) is 32.4 Å². The molecule has 2 amide bonds. The van der Waals surface area contributed by atoms with Crippen LogP contribution in [0, 0.1) is 5.92 Å². The van der Waals surface area contributed by atoms with E-state index >= 15 is 0 Å². The molecule has 0 atom stereocenters. The first-order chi connectivity index (χ1) is 17.0. The number of likely N-dealkylation sites (tertiary alicyclic amines) is 2. The SMILES string of the molecule is COc1cccc(CC(=O)N2CCC(c3ccn4ncc(C(=O)N5CCC(C)CC5)c4c3)CC2)c1. The lowest BCUT2D eigenvalue weighted by molar-refractivity contribution is -0.131. The van der Waals surface area contributed by atoms with E-state index in [1.54, 1.807) is 17.8 Å². The van der Waals surface area contributed by atoms with E-state index in [4.69, 9.17) is 4.74 Å². The molecule has 0 aliphatic carbocycles. The van der Waals surface area contributed by atoms with Crippen LogP contribution in [-0.4, -0.2) is 64.5 Å². The second-order valence-electron chi connectivity index (χ2n) is 10.0. The summed E-state index contributed by atoms with van der Waals surface area (Å²) in [5.74, 6) is 2.07. The molecule has 0 unspecified atom stereocenters. The maximum Gasteiger partial charge on any atom is 0.257 e. The fourth-order valence-corrected chi connectivity index (χ4v) is 5.33. The van der Waals surface area contributed by atoms with Crippen LogP contribution < -0.4 is 4.74 Å². The average Bonchev–Trinajstić information content (AvgIpc) is 3.32. The number of piperidine rings is 2. The number of methoxy groups -OCH3 is 1. The maximum atomic E-state index is 13.2. The summed E-state index contributed by atoms with van der Waals surface area (Å²) in [6, 6.07) is 11.9. The Kier molecular flexibility index (Phi) is 6.75. The monoisotopic (exact) mass is 474 g/mol. The minimum atomic E-state index is 0.0852. The predicted molar refractivity (Wildman–Crippen MR) is 135 cm³/mol. The molecular weight excluding hydrogens is 440 g/mol. The summed E-state index contributed by atoms with van der Waals surface area (Å²) in [6.45, 7) is 5.38. The van der Waals surface area contributed by atoms with Crippen LogP contribution in [0.5, 0.6) is 5.75 Å². The number of pyridine rings is 1. The molecule has 0 radical (unpaired) electrons. The summed E-state index contributed by atoms with van der Waals surface area (Å²) in [6.07, 6.45) is 8.02. The largest absolute Gasteiger partial charge is 0.497 e. The minimum absolute atomic E-state index is 0.0852. The van der Waals surface area contributed by atoms with Gasteiger partial charge in [0.2, 0.25) is 5.91 Å². The standard InChI is InChI=1S/C28H34N4O3/c1-20-6-11-31(12-7-20)28(34)25-19-29-32-15-10-23(18-26(25)32)22-8-13-30(14-9-22)27(33)17-21-4-3-5-24(16-21)35-2/h3-5,10,15-16,18-20,22H,6-9,11-14,17H2,1-2H3. The molecular formula is C28H34N4O3. The first-order valence-electron chi connectivity index (χ1n) is 12.7. The molecule has 4 heterocycles. The van der Waals surface area contributed by atoms with Crippen LogP contribution in [0.4, 0.5) is 0 Å². The topological polar surface area (TPSA) is 67.2 Å². The summed E-state index contributed by atoms with van der Waals surface area (Å²) in [5.41, 5.74) is 3.76.